The first-order valence-electron chi connectivity index (χ1n) is 5.73. The summed E-state index contributed by atoms with van der Waals surface area (Å²) in [5.41, 5.74) is 0. The van der Waals surface area contributed by atoms with E-state index in [2.05, 4.69) is 18.7 Å². The number of rotatable bonds is 2. The summed E-state index contributed by atoms with van der Waals surface area (Å²) >= 11 is 0. The zero-order valence-electron chi connectivity index (χ0n) is 9.13. The maximum absolute atomic E-state index is 5.94. The van der Waals surface area contributed by atoms with E-state index in [0.29, 0.717) is 5.82 Å². The van der Waals surface area contributed by atoms with Gasteiger partial charge in [0.1, 0.15) is 0 Å². The molecule has 2 heteroatoms. The lowest BCUT2D eigenvalue weighted by Gasteiger charge is -2.31. The quantitative estimate of drug-likeness (QED) is 0.589. The van der Waals surface area contributed by atoms with Crippen molar-refractivity contribution in [2.24, 2.45) is 0 Å². The van der Waals surface area contributed by atoms with Gasteiger partial charge in [0.05, 0.1) is 7.85 Å². The van der Waals surface area contributed by atoms with Crippen LogP contribution in [0.2, 0.25) is 5.82 Å². The van der Waals surface area contributed by atoms with Crippen LogP contribution in [0, 0.1) is 0 Å². The first kappa shape index (κ1) is 11.1. The molecular weight excluding hydrogens is 157 g/mol. The SMILES string of the molecule is [B]C1CCCN(C(C)CC)CCC1. The van der Waals surface area contributed by atoms with Crippen molar-refractivity contribution in [1.29, 1.82) is 0 Å². The van der Waals surface area contributed by atoms with Crippen LogP contribution < -0.4 is 0 Å². The van der Waals surface area contributed by atoms with Gasteiger partial charge in [-0.25, -0.2) is 0 Å². The minimum atomic E-state index is 0.471. The summed E-state index contributed by atoms with van der Waals surface area (Å²) in [4.78, 5) is 2.62. The van der Waals surface area contributed by atoms with Crippen molar-refractivity contribution in [3.8, 4) is 0 Å². The molecule has 0 N–H and O–H groups in total. The van der Waals surface area contributed by atoms with Gasteiger partial charge in [-0.05, 0) is 39.3 Å². The van der Waals surface area contributed by atoms with E-state index in [-0.39, 0.29) is 0 Å². The van der Waals surface area contributed by atoms with Gasteiger partial charge in [-0.2, -0.15) is 0 Å². The van der Waals surface area contributed by atoms with Crippen LogP contribution in [0.25, 0.3) is 0 Å². The van der Waals surface area contributed by atoms with E-state index in [9.17, 15) is 0 Å². The second-order valence-electron chi connectivity index (χ2n) is 4.34. The number of likely N-dealkylation sites (tertiary alicyclic amines) is 1. The highest BCUT2D eigenvalue weighted by Crippen LogP contribution is 2.21. The topological polar surface area (TPSA) is 3.24 Å². The molecule has 1 rings (SSSR count). The first-order chi connectivity index (χ1) is 6.24. The van der Waals surface area contributed by atoms with Gasteiger partial charge >= 0.3 is 0 Å². The highest BCUT2D eigenvalue weighted by atomic mass is 15.1. The van der Waals surface area contributed by atoms with Gasteiger partial charge in [-0.1, -0.05) is 25.6 Å². The zero-order valence-corrected chi connectivity index (χ0v) is 9.13. The second-order valence-corrected chi connectivity index (χ2v) is 4.34. The molecule has 0 aliphatic carbocycles. The van der Waals surface area contributed by atoms with Crippen molar-refractivity contribution in [1.82, 2.24) is 4.90 Å². The van der Waals surface area contributed by atoms with Crippen LogP contribution in [0.3, 0.4) is 0 Å². The van der Waals surface area contributed by atoms with Crippen LogP contribution in [-0.4, -0.2) is 31.9 Å². The average molecular weight is 179 g/mol. The first-order valence-corrected chi connectivity index (χ1v) is 5.73. The third-order valence-corrected chi connectivity index (χ3v) is 3.25. The van der Waals surface area contributed by atoms with Crippen LogP contribution >= 0.6 is 0 Å². The molecule has 13 heavy (non-hydrogen) atoms. The van der Waals surface area contributed by atoms with E-state index in [4.69, 9.17) is 7.85 Å². The van der Waals surface area contributed by atoms with Gasteiger partial charge in [-0.3, -0.25) is 0 Å². The smallest absolute Gasteiger partial charge is 0.0699 e. The lowest BCUT2D eigenvalue weighted by atomic mass is 9.79. The highest BCUT2D eigenvalue weighted by Gasteiger charge is 2.15. The molecule has 1 aliphatic rings. The fourth-order valence-electron chi connectivity index (χ4n) is 2.07. The van der Waals surface area contributed by atoms with Crippen LogP contribution in [-0.2, 0) is 0 Å². The Morgan fingerprint density at radius 3 is 2.31 bits per heavy atom. The molecule has 1 heterocycles. The molecule has 2 radical (unpaired) electrons. The van der Waals surface area contributed by atoms with Crippen LogP contribution in [0.1, 0.15) is 46.0 Å². The second kappa shape index (κ2) is 5.69. The Morgan fingerprint density at radius 2 is 1.85 bits per heavy atom. The number of hydrogen-bond donors (Lipinski definition) is 0. The molecule has 1 aliphatic heterocycles. The molecule has 0 aromatic heterocycles. The number of hydrogen-bond acceptors (Lipinski definition) is 1. The summed E-state index contributed by atoms with van der Waals surface area (Å²) in [7, 11) is 5.94. The van der Waals surface area contributed by atoms with Crippen LogP contribution in [0.5, 0.6) is 0 Å². The van der Waals surface area contributed by atoms with Gasteiger partial charge < -0.3 is 4.90 Å². The van der Waals surface area contributed by atoms with E-state index in [1.165, 1.54) is 45.2 Å². The molecule has 0 aromatic carbocycles. The minimum Gasteiger partial charge on any atom is -0.301 e. The molecule has 1 fully saturated rings. The molecule has 0 amide bonds. The Bertz CT molecular complexity index is 128. The van der Waals surface area contributed by atoms with Crippen molar-refractivity contribution in [3.63, 3.8) is 0 Å². The molecule has 0 bridgehead atoms. The monoisotopic (exact) mass is 179 g/mol. The molecule has 0 spiro atoms. The molecule has 1 nitrogen and oxygen atoms in total. The third kappa shape index (κ3) is 3.72. The van der Waals surface area contributed by atoms with Crippen molar-refractivity contribution < 1.29 is 0 Å². The van der Waals surface area contributed by atoms with Crippen molar-refractivity contribution in [2.75, 3.05) is 13.1 Å². The summed E-state index contributed by atoms with van der Waals surface area (Å²) in [6, 6.07) is 0.759. The maximum atomic E-state index is 5.94. The van der Waals surface area contributed by atoms with Gasteiger partial charge in [0.25, 0.3) is 0 Å². The Hall–Kier alpha value is 0.0249. The molecule has 1 saturated heterocycles. The third-order valence-electron chi connectivity index (χ3n) is 3.25. The van der Waals surface area contributed by atoms with Crippen molar-refractivity contribution >= 4 is 7.85 Å². The molecular formula is C11H22BN. The summed E-state index contributed by atoms with van der Waals surface area (Å²) < 4.78 is 0. The van der Waals surface area contributed by atoms with Crippen LogP contribution in [0.4, 0.5) is 0 Å². The van der Waals surface area contributed by atoms with E-state index in [1.54, 1.807) is 0 Å². The fraction of sp³-hybridized carbons (Fsp3) is 1.00. The van der Waals surface area contributed by atoms with Gasteiger partial charge in [0.15, 0.2) is 0 Å². The average Bonchev–Trinajstić information content (AvgIpc) is 2.10. The van der Waals surface area contributed by atoms with Crippen molar-refractivity contribution in [3.05, 3.63) is 0 Å². The predicted molar refractivity (Wildman–Crippen MR) is 59.3 cm³/mol. The van der Waals surface area contributed by atoms with E-state index >= 15 is 0 Å². The zero-order chi connectivity index (χ0) is 9.68. The van der Waals surface area contributed by atoms with Crippen molar-refractivity contribution in [2.45, 2.75) is 57.8 Å². The molecule has 74 valence electrons. The largest absolute Gasteiger partial charge is 0.301 e. The summed E-state index contributed by atoms with van der Waals surface area (Å²) in [6.45, 7) is 7.11. The number of nitrogens with zero attached hydrogens (tertiary/aromatic N) is 1. The molecule has 0 saturated carbocycles. The Morgan fingerprint density at radius 1 is 1.31 bits per heavy atom. The molecule has 1 atom stereocenters. The summed E-state index contributed by atoms with van der Waals surface area (Å²) in [5.74, 6) is 0.471. The van der Waals surface area contributed by atoms with E-state index in [0.717, 1.165) is 6.04 Å². The predicted octanol–water partition coefficient (Wildman–Crippen LogP) is 2.62. The standard InChI is InChI=1S/C11H22BN/c1-3-10(2)13-8-4-6-11(12)7-5-9-13/h10-11H,3-9H2,1-2H3. The van der Waals surface area contributed by atoms with Gasteiger partial charge in [-0.15, -0.1) is 0 Å². The molecule has 1 unspecified atom stereocenters. The van der Waals surface area contributed by atoms with Crippen LogP contribution in [0.15, 0.2) is 0 Å². The molecule has 0 aromatic rings. The minimum absolute atomic E-state index is 0.471. The Kier molecular flexibility index (Phi) is 4.86. The normalized spacial score (nSPS) is 25.1. The fourth-order valence-corrected chi connectivity index (χ4v) is 2.07. The highest BCUT2D eigenvalue weighted by molar-refractivity contribution is 6.11. The summed E-state index contributed by atoms with van der Waals surface area (Å²) in [6.07, 6.45) is 6.27. The van der Waals surface area contributed by atoms with Gasteiger partial charge in [0.2, 0.25) is 0 Å². The lowest BCUT2D eigenvalue weighted by molar-refractivity contribution is 0.186. The Balaban J connectivity index is 2.32. The maximum Gasteiger partial charge on any atom is 0.0699 e. The Labute approximate surface area is 84.3 Å². The lowest BCUT2D eigenvalue weighted by Crippen LogP contribution is -2.35. The van der Waals surface area contributed by atoms with E-state index in [1.807, 2.05) is 0 Å². The summed E-state index contributed by atoms with van der Waals surface area (Å²) in [5, 5.41) is 0. The van der Waals surface area contributed by atoms with E-state index < -0.39 is 0 Å². The van der Waals surface area contributed by atoms with Gasteiger partial charge in [0, 0.05) is 6.04 Å².